The Balaban J connectivity index is 1.66. The number of aryl methyl sites for hydroxylation is 1. The van der Waals surface area contributed by atoms with E-state index in [9.17, 15) is 9.18 Å². The van der Waals surface area contributed by atoms with Crippen molar-refractivity contribution in [3.63, 3.8) is 0 Å². The minimum Gasteiger partial charge on any atom is -0.411 e. The fraction of sp³-hybridized carbons (Fsp3) is 0.200. The summed E-state index contributed by atoms with van der Waals surface area (Å²) < 4.78 is 24.0. The lowest BCUT2D eigenvalue weighted by atomic mass is 10.2. The van der Waals surface area contributed by atoms with Crippen LogP contribution in [0.15, 0.2) is 44.5 Å². The Kier molecular flexibility index (Phi) is 4.61. The Hall–Kier alpha value is -2.68. The molecule has 24 heavy (non-hydrogen) atoms. The van der Waals surface area contributed by atoms with Gasteiger partial charge < -0.3 is 14.3 Å². The molecule has 0 spiro atoms. The lowest BCUT2D eigenvalue weighted by molar-refractivity contribution is -0.115. The van der Waals surface area contributed by atoms with Gasteiger partial charge >= 0.3 is 0 Å². The molecule has 0 saturated heterocycles. The van der Waals surface area contributed by atoms with Crippen molar-refractivity contribution in [2.24, 2.45) is 0 Å². The first-order valence-electron chi connectivity index (χ1n) is 7.02. The highest BCUT2D eigenvalue weighted by Gasteiger charge is 2.20. The maximum Gasteiger partial charge on any atom is 0.277 e. The molecule has 0 radical (unpaired) electrons. The van der Waals surface area contributed by atoms with Crippen LogP contribution >= 0.6 is 11.8 Å². The van der Waals surface area contributed by atoms with Crippen LogP contribution in [0, 0.1) is 12.7 Å². The summed E-state index contributed by atoms with van der Waals surface area (Å²) in [6, 6.07) is 7.70. The van der Waals surface area contributed by atoms with Gasteiger partial charge in [-0.05, 0) is 26.0 Å². The van der Waals surface area contributed by atoms with Crippen molar-refractivity contribution in [3.05, 3.63) is 41.9 Å². The summed E-state index contributed by atoms with van der Waals surface area (Å²) in [6.07, 6.45) is 0. The fourth-order valence-corrected chi connectivity index (χ4v) is 2.54. The number of nitrogens with zero attached hydrogens (tertiary/aromatic N) is 3. The molecule has 0 bridgehead atoms. The summed E-state index contributed by atoms with van der Waals surface area (Å²) in [6.45, 7) is 3.41. The Bertz CT molecular complexity index is 864. The fourth-order valence-electron chi connectivity index (χ4n) is 1.86. The molecule has 1 amide bonds. The highest BCUT2D eigenvalue weighted by atomic mass is 32.2. The SMILES string of the molecule is Cc1cc(NC(=O)[C@@H](C)Sc2nnc(-c3ccccc3F)o2)no1. The summed E-state index contributed by atoms with van der Waals surface area (Å²) in [5.41, 5.74) is 0.215. The Morgan fingerprint density at radius 3 is 2.83 bits per heavy atom. The molecule has 1 aromatic carbocycles. The first-order chi connectivity index (χ1) is 11.5. The maximum absolute atomic E-state index is 13.7. The molecular weight excluding hydrogens is 335 g/mol. The van der Waals surface area contributed by atoms with Crippen molar-refractivity contribution in [2.75, 3.05) is 5.32 Å². The van der Waals surface area contributed by atoms with Crippen molar-refractivity contribution in [1.29, 1.82) is 0 Å². The quantitative estimate of drug-likeness (QED) is 0.707. The topological polar surface area (TPSA) is 94.1 Å². The van der Waals surface area contributed by atoms with Crippen LogP contribution in [-0.4, -0.2) is 26.5 Å². The van der Waals surface area contributed by atoms with E-state index >= 15 is 0 Å². The number of anilines is 1. The van der Waals surface area contributed by atoms with Crippen LogP contribution in [-0.2, 0) is 4.79 Å². The number of aromatic nitrogens is 3. The summed E-state index contributed by atoms with van der Waals surface area (Å²) in [7, 11) is 0. The average molecular weight is 348 g/mol. The molecule has 2 heterocycles. The number of hydrogen-bond donors (Lipinski definition) is 1. The number of halogens is 1. The summed E-state index contributed by atoms with van der Waals surface area (Å²) >= 11 is 1.07. The second-order valence-electron chi connectivity index (χ2n) is 4.93. The van der Waals surface area contributed by atoms with Crippen LogP contribution in [0.2, 0.25) is 0 Å². The molecule has 0 aliphatic rings. The standard InChI is InChI=1S/C15H13FN4O3S/c1-8-7-12(20-23-8)17-13(21)9(2)24-15-19-18-14(22-15)10-5-3-4-6-11(10)16/h3-7,9H,1-2H3,(H,17,20,21)/t9-/m1/s1. The Labute approximate surface area is 140 Å². The maximum atomic E-state index is 13.7. The molecule has 1 N–H and O–H groups in total. The number of nitrogens with one attached hydrogen (secondary N) is 1. The van der Waals surface area contributed by atoms with Crippen LogP contribution in [0.5, 0.6) is 0 Å². The molecule has 0 fully saturated rings. The predicted octanol–water partition coefficient (Wildman–Crippen LogP) is 3.29. The number of hydrogen-bond acceptors (Lipinski definition) is 7. The number of thioether (sulfide) groups is 1. The summed E-state index contributed by atoms with van der Waals surface area (Å²) in [5, 5.41) is 13.6. The van der Waals surface area contributed by atoms with E-state index in [-0.39, 0.29) is 22.6 Å². The molecule has 7 nitrogen and oxygen atoms in total. The van der Waals surface area contributed by atoms with Crippen molar-refractivity contribution in [3.8, 4) is 11.5 Å². The van der Waals surface area contributed by atoms with Crippen molar-refractivity contribution >= 4 is 23.5 Å². The number of carbonyl (C=O) groups excluding carboxylic acids is 1. The number of amides is 1. The van der Waals surface area contributed by atoms with E-state index in [0.29, 0.717) is 11.6 Å². The van der Waals surface area contributed by atoms with Gasteiger partial charge in [-0.2, -0.15) is 0 Å². The zero-order valence-electron chi connectivity index (χ0n) is 12.8. The highest BCUT2D eigenvalue weighted by Crippen LogP contribution is 2.27. The molecule has 3 aromatic rings. The van der Waals surface area contributed by atoms with Gasteiger partial charge in [0.15, 0.2) is 5.82 Å². The second-order valence-corrected chi connectivity index (χ2v) is 6.22. The lowest BCUT2D eigenvalue weighted by Crippen LogP contribution is -2.22. The zero-order valence-corrected chi connectivity index (χ0v) is 13.6. The van der Waals surface area contributed by atoms with Gasteiger partial charge in [-0.15, -0.1) is 10.2 Å². The van der Waals surface area contributed by atoms with E-state index in [1.54, 1.807) is 38.1 Å². The van der Waals surface area contributed by atoms with E-state index in [2.05, 4.69) is 20.7 Å². The average Bonchev–Trinajstić information content (AvgIpc) is 3.17. The highest BCUT2D eigenvalue weighted by molar-refractivity contribution is 8.00. The van der Waals surface area contributed by atoms with E-state index in [4.69, 9.17) is 8.94 Å². The summed E-state index contributed by atoms with van der Waals surface area (Å²) in [5.74, 6) is 0.249. The number of benzene rings is 1. The van der Waals surface area contributed by atoms with Crippen LogP contribution < -0.4 is 5.32 Å². The van der Waals surface area contributed by atoms with Crippen molar-refractivity contribution in [1.82, 2.24) is 15.4 Å². The van der Waals surface area contributed by atoms with Gasteiger partial charge in [0, 0.05) is 6.07 Å². The van der Waals surface area contributed by atoms with Crippen LogP contribution in [0.4, 0.5) is 10.2 Å². The third-order valence-corrected chi connectivity index (χ3v) is 3.97. The smallest absolute Gasteiger partial charge is 0.277 e. The number of carbonyl (C=O) groups is 1. The minimum absolute atomic E-state index is 0.0651. The van der Waals surface area contributed by atoms with Crippen molar-refractivity contribution in [2.45, 2.75) is 24.3 Å². The van der Waals surface area contributed by atoms with E-state index in [0.717, 1.165) is 11.8 Å². The predicted molar refractivity (Wildman–Crippen MR) is 84.9 cm³/mol. The molecule has 2 aromatic heterocycles. The monoisotopic (exact) mass is 348 g/mol. The lowest BCUT2D eigenvalue weighted by Gasteiger charge is -2.06. The van der Waals surface area contributed by atoms with Crippen LogP contribution in [0.1, 0.15) is 12.7 Å². The minimum atomic E-state index is -0.518. The first kappa shape index (κ1) is 16.2. The molecular formula is C15H13FN4O3S. The van der Waals surface area contributed by atoms with Gasteiger partial charge in [0.05, 0.1) is 10.8 Å². The second kappa shape index (κ2) is 6.83. The zero-order chi connectivity index (χ0) is 17.1. The van der Waals surface area contributed by atoms with Gasteiger partial charge in [0.2, 0.25) is 5.91 Å². The van der Waals surface area contributed by atoms with E-state index in [1.165, 1.54) is 6.07 Å². The molecule has 9 heteroatoms. The van der Waals surface area contributed by atoms with Gasteiger partial charge in [-0.1, -0.05) is 29.1 Å². The first-order valence-corrected chi connectivity index (χ1v) is 7.90. The van der Waals surface area contributed by atoms with Crippen LogP contribution in [0.3, 0.4) is 0 Å². The number of rotatable bonds is 5. The molecule has 0 aliphatic heterocycles. The Morgan fingerprint density at radius 1 is 1.33 bits per heavy atom. The molecule has 0 unspecified atom stereocenters. The largest absolute Gasteiger partial charge is 0.411 e. The van der Waals surface area contributed by atoms with E-state index < -0.39 is 11.1 Å². The Morgan fingerprint density at radius 2 is 2.12 bits per heavy atom. The van der Waals surface area contributed by atoms with Gasteiger partial charge in [0.1, 0.15) is 11.6 Å². The molecule has 3 rings (SSSR count). The molecule has 0 aliphatic carbocycles. The molecule has 1 atom stereocenters. The van der Waals surface area contributed by atoms with Crippen LogP contribution in [0.25, 0.3) is 11.5 Å². The third kappa shape index (κ3) is 3.62. The molecule has 124 valence electrons. The van der Waals surface area contributed by atoms with E-state index in [1.807, 2.05) is 0 Å². The van der Waals surface area contributed by atoms with Crippen molar-refractivity contribution < 1.29 is 18.1 Å². The molecule has 0 saturated carbocycles. The third-order valence-electron chi connectivity index (χ3n) is 3.04. The normalized spacial score (nSPS) is 12.1. The summed E-state index contributed by atoms with van der Waals surface area (Å²) in [4.78, 5) is 12.1. The van der Waals surface area contributed by atoms with Gasteiger partial charge in [-0.3, -0.25) is 4.79 Å². The van der Waals surface area contributed by atoms with Gasteiger partial charge in [-0.25, -0.2) is 4.39 Å². The van der Waals surface area contributed by atoms with Gasteiger partial charge in [0.25, 0.3) is 11.1 Å².